The number of hydrogen-bond donors (Lipinski definition) is 0. The van der Waals surface area contributed by atoms with E-state index in [0.717, 1.165) is 17.4 Å². The third-order valence-corrected chi connectivity index (χ3v) is 1.62. The molecule has 1 aromatic rings. The molecule has 0 aliphatic heterocycles. The Morgan fingerprint density at radius 3 is 2.58 bits per heavy atom. The van der Waals surface area contributed by atoms with Gasteiger partial charge in [0, 0.05) is 6.42 Å². The zero-order valence-corrected chi connectivity index (χ0v) is 7.16. The van der Waals surface area contributed by atoms with Gasteiger partial charge in [-0.3, -0.25) is 0 Å². The molecule has 0 amide bonds. The van der Waals surface area contributed by atoms with Crippen LogP contribution in [0.5, 0.6) is 0 Å². The van der Waals surface area contributed by atoms with Crippen LogP contribution >= 0.6 is 0 Å². The Morgan fingerprint density at radius 2 is 2.00 bits per heavy atom. The van der Waals surface area contributed by atoms with Gasteiger partial charge < -0.3 is 4.79 Å². The van der Waals surface area contributed by atoms with Gasteiger partial charge in [0.15, 0.2) is 0 Å². The highest BCUT2D eigenvalue weighted by Gasteiger charge is 1.88. The van der Waals surface area contributed by atoms with Crippen molar-refractivity contribution in [2.24, 2.45) is 0 Å². The van der Waals surface area contributed by atoms with Gasteiger partial charge in [-0.25, -0.2) is 0 Å². The van der Waals surface area contributed by atoms with E-state index in [1.165, 1.54) is 0 Å². The summed E-state index contributed by atoms with van der Waals surface area (Å²) in [4.78, 5) is 10.2. The number of hydrogen-bond acceptors (Lipinski definition) is 1. The fraction of sp³-hybridized carbons (Fsp3) is 0.182. The smallest absolute Gasteiger partial charge is 0.124 e. The van der Waals surface area contributed by atoms with Crippen molar-refractivity contribution in [1.82, 2.24) is 0 Å². The van der Waals surface area contributed by atoms with E-state index in [0.29, 0.717) is 6.42 Å². The van der Waals surface area contributed by atoms with Crippen molar-refractivity contribution < 1.29 is 4.79 Å². The van der Waals surface area contributed by atoms with Gasteiger partial charge in [0.25, 0.3) is 0 Å². The SMILES string of the molecule is CC(=Cc1ccccc1)CC=O. The largest absolute Gasteiger partial charge is 0.303 e. The summed E-state index contributed by atoms with van der Waals surface area (Å²) in [6, 6.07) is 10.00. The number of aldehydes is 1. The first-order valence-electron chi connectivity index (χ1n) is 3.99. The van der Waals surface area contributed by atoms with Gasteiger partial charge in [-0.05, 0) is 12.5 Å². The maximum atomic E-state index is 10.2. The van der Waals surface area contributed by atoms with Crippen LogP contribution in [-0.4, -0.2) is 6.29 Å². The van der Waals surface area contributed by atoms with E-state index in [2.05, 4.69) is 0 Å². The molecule has 0 heterocycles. The van der Waals surface area contributed by atoms with Crippen molar-refractivity contribution in [2.75, 3.05) is 0 Å². The first-order valence-corrected chi connectivity index (χ1v) is 3.99. The predicted molar refractivity (Wildman–Crippen MR) is 50.8 cm³/mol. The maximum absolute atomic E-state index is 10.2. The number of allylic oxidation sites excluding steroid dienone is 1. The van der Waals surface area contributed by atoms with E-state index in [1.807, 2.05) is 43.3 Å². The monoisotopic (exact) mass is 160 g/mol. The summed E-state index contributed by atoms with van der Waals surface area (Å²) in [6.07, 6.45) is 3.47. The zero-order chi connectivity index (χ0) is 8.81. The number of carbonyl (C=O) groups is 1. The van der Waals surface area contributed by atoms with Crippen LogP contribution in [0, 0.1) is 0 Å². The molecule has 0 spiro atoms. The first kappa shape index (κ1) is 8.72. The van der Waals surface area contributed by atoms with Crippen molar-refractivity contribution in [3.05, 3.63) is 41.5 Å². The Kier molecular flexibility index (Phi) is 3.27. The van der Waals surface area contributed by atoms with Crippen LogP contribution in [0.2, 0.25) is 0 Å². The second-order valence-electron chi connectivity index (χ2n) is 2.77. The summed E-state index contributed by atoms with van der Waals surface area (Å²) in [5.41, 5.74) is 2.24. The van der Waals surface area contributed by atoms with E-state index in [9.17, 15) is 4.79 Å². The van der Waals surface area contributed by atoms with Crippen LogP contribution in [0.3, 0.4) is 0 Å². The Balaban J connectivity index is 2.74. The molecular weight excluding hydrogens is 148 g/mol. The highest BCUT2D eigenvalue weighted by molar-refractivity contribution is 5.61. The molecule has 1 heteroatoms. The molecular formula is C11H12O. The third-order valence-electron chi connectivity index (χ3n) is 1.62. The highest BCUT2D eigenvalue weighted by Crippen LogP contribution is 2.07. The van der Waals surface area contributed by atoms with Crippen LogP contribution in [0.4, 0.5) is 0 Å². The molecule has 0 aromatic heterocycles. The minimum absolute atomic E-state index is 0.523. The molecule has 0 unspecified atom stereocenters. The predicted octanol–water partition coefficient (Wildman–Crippen LogP) is 2.68. The van der Waals surface area contributed by atoms with Crippen LogP contribution in [0.1, 0.15) is 18.9 Å². The van der Waals surface area contributed by atoms with Gasteiger partial charge in [-0.15, -0.1) is 0 Å². The summed E-state index contributed by atoms with van der Waals surface area (Å²) in [7, 11) is 0. The Hall–Kier alpha value is -1.37. The minimum atomic E-state index is 0.523. The summed E-state index contributed by atoms with van der Waals surface area (Å²) in [5, 5.41) is 0. The lowest BCUT2D eigenvalue weighted by Gasteiger charge is -1.94. The maximum Gasteiger partial charge on any atom is 0.124 e. The molecule has 0 N–H and O–H groups in total. The van der Waals surface area contributed by atoms with Crippen LogP contribution in [0.15, 0.2) is 35.9 Å². The second kappa shape index (κ2) is 4.50. The van der Waals surface area contributed by atoms with Gasteiger partial charge in [-0.1, -0.05) is 42.0 Å². The summed E-state index contributed by atoms with van der Waals surface area (Å²) < 4.78 is 0. The number of rotatable bonds is 3. The molecule has 12 heavy (non-hydrogen) atoms. The summed E-state index contributed by atoms with van der Waals surface area (Å²) >= 11 is 0. The molecule has 0 saturated heterocycles. The van der Waals surface area contributed by atoms with Gasteiger partial charge in [0.05, 0.1) is 0 Å². The average Bonchev–Trinajstić information content (AvgIpc) is 2.06. The molecule has 0 fully saturated rings. The van der Waals surface area contributed by atoms with Crippen molar-refractivity contribution >= 4 is 12.4 Å². The van der Waals surface area contributed by atoms with E-state index in [-0.39, 0.29) is 0 Å². The number of carbonyl (C=O) groups excluding carboxylic acids is 1. The van der Waals surface area contributed by atoms with Gasteiger partial charge in [0.1, 0.15) is 6.29 Å². The van der Waals surface area contributed by atoms with Crippen LogP contribution < -0.4 is 0 Å². The van der Waals surface area contributed by atoms with Crippen molar-refractivity contribution in [3.63, 3.8) is 0 Å². The average molecular weight is 160 g/mol. The fourth-order valence-corrected chi connectivity index (χ4v) is 1.02. The minimum Gasteiger partial charge on any atom is -0.303 e. The Morgan fingerprint density at radius 1 is 1.33 bits per heavy atom. The second-order valence-corrected chi connectivity index (χ2v) is 2.77. The fourth-order valence-electron chi connectivity index (χ4n) is 1.02. The van der Waals surface area contributed by atoms with Crippen LogP contribution in [-0.2, 0) is 4.79 Å². The highest BCUT2D eigenvalue weighted by atomic mass is 16.1. The van der Waals surface area contributed by atoms with E-state index in [1.54, 1.807) is 0 Å². The van der Waals surface area contributed by atoms with Crippen LogP contribution in [0.25, 0.3) is 6.08 Å². The molecule has 62 valence electrons. The molecule has 1 nitrogen and oxygen atoms in total. The number of benzene rings is 1. The lowest BCUT2D eigenvalue weighted by Crippen LogP contribution is -1.78. The Bertz CT molecular complexity index is 272. The summed E-state index contributed by atoms with van der Waals surface area (Å²) in [5.74, 6) is 0. The molecule has 0 radical (unpaired) electrons. The van der Waals surface area contributed by atoms with E-state index in [4.69, 9.17) is 0 Å². The topological polar surface area (TPSA) is 17.1 Å². The molecule has 1 rings (SSSR count). The Labute approximate surface area is 72.7 Å². The summed E-state index contributed by atoms with van der Waals surface area (Å²) in [6.45, 7) is 1.96. The van der Waals surface area contributed by atoms with Gasteiger partial charge >= 0.3 is 0 Å². The van der Waals surface area contributed by atoms with Crippen molar-refractivity contribution in [3.8, 4) is 0 Å². The molecule has 0 bridgehead atoms. The van der Waals surface area contributed by atoms with Crippen molar-refractivity contribution in [2.45, 2.75) is 13.3 Å². The van der Waals surface area contributed by atoms with E-state index >= 15 is 0 Å². The quantitative estimate of drug-likeness (QED) is 0.621. The van der Waals surface area contributed by atoms with E-state index < -0.39 is 0 Å². The molecule has 1 aromatic carbocycles. The molecule has 0 aliphatic rings. The lowest BCUT2D eigenvalue weighted by atomic mass is 10.1. The van der Waals surface area contributed by atoms with Gasteiger partial charge in [0.2, 0.25) is 0 Å². The zero-order valence-electron chi connectivity index (χ0n) is 7.16. The van der Waals surface area contributed by atoms with Crippen molar-refractivity contribution in [1.29, 1.82) is 0 Å². The molecule has 0 saturated carbocycles. The molecule has 0 atom stereocenters. The third kappa shape index (κ3) is 2.70. The standard InChI is InChI=1S/C11H12O/c1-10(7-8-12)9-11-5-3-2-4-6-11/h2-6,8-9H,7H2,1H3. The van der Waals surface area contributed by atoms with Gasteiger partial charge in [-0.2, -0.15) is 0 Å². The normalized spacial score (nSPS) is 11.2. The first-order chi connectivity index (χ1) is 5.83. The lowest BCUT2D eigenvalue weighted by molar-refractivity contribution is -0.107. The molecule has 0 aliphatic carbocycles.